The van der Waals surface area contributed by atoms with Gasteiger partial charge in [-0.2, -0.15) is 0 Å². The molecule has 1 unspecified atom stereocenters. The number of rotatable bonds is 6. The molecular weight excluding hydrogens is 315 g/mol. The van der Waals surface area contributed by atoms with Crippen LogP contribution in [0, 0.1) is 5.92 Å². The lowest BCUT2D eigenvalue weighted by Crippen LogP contribution is -2.23. The molecule has 94 valence electrons. The highest BCUT2D eigenvalue weighted by Gasteiger charge is 2.24. The largest absolute Gasteiger partial charge is 0.451 e. The zero-order valence-corrected chi connectivity index (χ0v) is 12.4. The van der Waals surface area contributed by atoms with Crippen LogP contribution in [-0.4, -0.2) is 10.1 Å². The van der Waals surface area contributed by atoms with Gasteiger partial charge in [-0.1, -0.05) is 39.0 Å². The van der Waals surface area contributed by atoms with Gasteiger partial charge in [-0.05, 0) is 41.9 Å². The maximum absolute atomic E-state index is 11.5. The summed E-state index contributed by atoms with van der Waals surface area (Å²) in [5, 5.41) is 0. The molecule has 0 bridgehead atoms. The molecule has 0 aromatic heterocycles. The van der Waals surface area contributed by atoms with Crippen LogP contribution in [-0.2, 0) is 9.53 Å². The van der Waals surface area contributed by atoms with Gasteiger partial charge in [-0.25, -0.2) is 0 Å². The van der Waals surface area contributed by atoms with Crippen molar-refractivity contribution < 1.29 is 9.53 Å². The van der Waals surface area contributed by atoms with Crippen LogP contribution in [0.3, 0.4) is 0 Å². The molecule has 1 saturated carbocycles. The van der Waals surface area contributed by atoms with Crippen molar-refractivity contribution in [1.82, 2.24) is 0 Å². The molecule has 2 nitrogen and oxygen atoms in total. The molecule has 0 aliphatic heterocycles. The van der Waals surface area contributed by atoms with E-state index < -0.39 is 0 Å². The van der Waals surface area contributed by atoms with E-state index >= 15 is 0 Å². The van der Waals surface area contributed by atoms with Gasteiger partial charge in [0.2, 0.25) is 0 Å². The Balaban J connectivity index is 2.16. The summed E-state index contributed by atoms with van der Waals surface area (Å²) in [7, 11) is 0. The molecule has 1 rings (SSSR count). The quantitative estimate of drug-likeness (QED) is 0.310. The molecule has 1 aliphatic rings. The molecule has 0 aromatic rings. The average molecular weight is 338 g/mol. The average Bonchev–Trinajstić information content (AvgIpc) is 2.30. The predicted molar refractivity (Wildman–Crippen MR) is 74.6 cm³/mol. The van der Waals surface area contributed by atoms with Gasteiger partial charge in [-0.15, -0.1) is 0 Å². The van der Waals surface area contributed by atoms with E-state index in [4.69, 9.17) is 4.74 Å². The second kappa shape index (κ2) is 8.31. The monoisotopic (exact) mass is 338 g/mol. The number of ether oxygens (including phenoxy) is 1. The molecule has 1 fully saturated rings. The number of esters is 1. The summed E-state index contributed by atoms with van der Waals surface area (Å²) in [6.45, 7) is 2.15. The maximum atomic E-state index is 11.5. The third-order valence-electron chi connectivity index (χ3n) is 3.25. The molecule has 0 aromatic carbocycles. The summed E-state index contributed by atoms with van der Waals surface area (Å²) in [6.07, 6.45) is 10.3. The Morgan fingerprint density at radius 2 is 2.00 bits per heavy atom. The van der Waals surface area contributed by atoms with Gasteiger partial charge in [0, 0.05) is 12.3 Å². The molecule has 1 atom stereocenters. The van der Waals surface area contributed by atoms with Crippen molar-refractivity contribution >= 4 is 28.6 Å². The normalized spacial score (nSPS) is 19.4. The smallest absolute Gasteiger partial charge is 0.306 e. The summed E-state index contributed by atoms with van der Waals surface area (Å²) in [4.78, 5) is 11.5. The van der Waals surface area contributed by atoms with Crippen LogP contribution < -0.4 is 0 Å². The van der Waals surface area contributed by atoms with Crippen molar-refractivity contribution in [3.63, 3.8) is 0 Å². The third kappa shape index (κ3) is 5.51. The first-order valence-electron chi connectivity index (χ1n) is 6.57. The highest BCUT2D eigenvalue weighted by atomic mass is 127. The molecule has 3 heteroatoms. The van der Waals surface area contributed by atoms with Gasteiger partial charge in [0.25, 0.3) is 0 Å². The molecule has 16 heavy (non-hydrogen) atoms. The number of unbranched alkanes of at least 4 members (excludes halogenated alkanes) is 2. The molecule has 0 heterocycles. The van der Waals surface area contributed by atoms with Crippen molar-refractivity contribution in [3.05, 3.63) is 0 Å². The van der Waals surface area contributed by atoms with E-state index in [9.17, 15) is 4.79 Å². The number of halogens is 1. The SMILES string of the molecule is CCCCCC(=O)OC(I)C1CCCCC1. The Labute approximate surface area is 113 Å². The fourth-order valence-corrected chi connectivity index (χ4v) is 3.20. The van der Waals surface area contributed by atoms with E-state index in [1.165, 1.54) is 32.1 Å². The lowest BCUT2D eigenvalue weighted by molar-refractivity contribution is -0.146. The predicted octanol–water partition coefficient (Wildman–Crippen LogP) is 4.45. The van der Waals surface area contributed by atoms with Crippen LogP contribution in [0.4, 0.5) is 0 Å². The van der Waals surface area contributed by atoms with Gasteiger partial charge in [-0.3, -0.25) is 4.79 Å². The number of hydrogen-bond donors (Lipinski definition) is 0. The lowest BCUT2D eigenvalue weighted by Gasteiger charge is -2.26. The highest BCUT2D eigenvalue weighted by molar-refractivity contribution is 14.1. The van der Waals surface area contributed by atoms with Crippen LogP contribution in [0.5, 0.6) is 0 Å². The first kappa shape index (κ1) is 14.3. The summed E-state index contributed by atoms with van der Waals surface area (Å²) >= 11 is 2.29. The van der Waals surface area contributed by atoms with Crippen LogP contribution in [0.15, 0.2) is 0 Å². The standard InChI is InChI=1S/C13H23IO2/c1-2-3-5-10-12(15)16-13(14)11-8-6-4-7-9-11/h11,13H,2-10H2,1H3. The maximum Gasteiger partial charge on any atom is 0.306 e. The summed E-state index contributed by atoms with van der Waals surface area (Å²) in [5.41, 5.74) is 0. The lowest BCUT2D eigenvalue weighted by atomic mass is 9.90. The zero-order valence-electron chi connectivity index (χ0n) is 10.2. The molecule has 1 aliphatic carbocycles. The van der Waals surface area contributed by atoms with Gasteiger partial charge < -0.3 is 4.74 Å². The Morgan fingerprint density at radius 1 is 1.31 bits per heavy atom. The molecule has 0 radical (unpaired) electrons. The zero-order chi connectivity index (χ0) is 11.8. The minimum atomic E-state index is -0.00146. The van der Waals surface area contributed by atoms with Crippen molar-refractivity contribution in [3.8, 4) is 0 Å². The summed E-state index contributed by atoms with van der Waals surface area (Å²) in [6, 6.07) is 0. The fourth-order valence-electron chi connectivity index (χ4n) is 2.20. The van der Waals surface area contributed by atoms with E-state index in [0.29, 0.717) is 12.3 Å². The van der Waals surface area contributed by atoms with Gasteiger partial charge in [0.1, 0.15) is 0 Å². The fraction of sp³-hybridized carbons (Fsp3) is 0.923. The van der Waals surface area contributed by atoms with Crippen LogP contribution in [0.2, 0.25) is 0 Å². The third-order valence-corrected chi connectivity index (χ3v) is 4.52. The van der Waals surface area contributed by atoms with Crippen molar-refractivity contribution in [2.45, 2.75) is 68.8 Å². The van der Waals surface area contributed by atoms with Crippen LogP contribution in [0.1, 0.15) is 64.7 Å². The van der Waals surface area contributed by atoms with E-state index in [1.54, 1.807) is 0 Å². The van der Waals surface area contributed by atoms with Crippen LogP contribution in [0.25, 0.3) is 0 Å². The summed E-state index contributed by atoms with van der Waals surface area (Å²) < 4.78 is 5.59. The Bertz CT molecular complexity index is 200. The number of alkyl halides is 1. The topological polar surface area (TPSA) is 26.3 Å². The van der Waals surface area contributed by atoms with Crippen molar-refractivity contribution in [1.29, 1.82) is 0 Å². The van der Waals surface area contributed by atoms with Gasteiger partial charge in [0.15, 0.2) is 4.11 Å². The van der Waals surface area contributed by atoms with E-state index in [1.807, 2.05) is 0 Å². The number of hydrogen-bond acceptors (Lipinski definition) is 2. The van der Waals surface area contributed by atoms with Crippen molar-refractivity contribution in [2.24, 2.45) is 5.92 Å². The molecular formula is C13H23IO2. The first-order chi connectivity index (χ1) is 7.74. The Morgan fingerprint density at radius 3 is 2.62 bits per heavy atom. The van der Waals surface area contributed by atoms with Crippen molar-refractivity contribution in [2.75, 3.05) is 0 Å². The molecule has 0 spiro atoms. The summed E-state index contributed by atoms with van der Waals surface area (Å²) in [5.74, 6) is 0.600. The van der Waals surface area contributed by atoms with Gasteiger partial charge in [0.05, 0.1) is 0 Å². The molecule has 0 saturated heterocycles. The van der Waals surface area contributed by atoms with Crippen LogP contribution >= 0.6 is 22.6 Å². The minimum absolute atomic E-state index is 0.00146. The number of carbonyl (C=O) groups is 1. The second-order valence-corrected chi connectivity index (χ2v) is 5.92. The second-order valence-electron chi connectivity index (χ2n) is 4.70. The highest BCUT2D eigenvalue weighted by Crippen LogP contribution is 2.31. The minimum Gasteiger partial charge on any atom is -0.451 e. The Hall–Kier alpha value is 0.200. The Kier molecular flexibility index (Phi) is 7.41. The van der Waals surface area contributed by atoms with E-state index in [2.05, 4.69) is 29.5 Å². The van der Waals surface area contributed by atoms with E-state index in [0.717, 1.165) is 19.3 Å². The number of carbonyl (C=O) groups excluding carboxylic acids is 1. The van der Waals surface area contributed by atoms with E-state index in [-0.39, 0.29) is 10.1 Å². The molecule has 0 N–H and O–H groups in total. The van der Waals surface area contributed by atoms with Gasteiger partial charge >= 0.3 is 5.97 Å². The molecule has 0 amide bonds. The first-order valence-corrected chi connectivity index (χ1v) is 7.82.